The summed E-state index contributed by atoms with van der Waals surface area (Å²) in [4.78, 5) is 2.45. The van der Waals surface area contributed by atoms with E-state index in [1.165, 1.54) is 38.8 Å². The van der Waals surface area contributed by atoms with Gasteiger partial charge in [-0.25, -0.2) is 0 Å². The second-order valence-electron chi connectivity index (χ2n) is 4.86. The van der Waals surface area contributed by atoms with Crippen LogP contribution in [0.4, 0.5) is 0 Å². The summed E-state index contributed by atoms with van der Waals surface area (Å²) in [5.41, 5.74) is 0. The second kappa shape index (κ2) is 7.24. The Morgan fingerprint density at radius 3 is 2.00 bits per heavy atom. The molecule has 15 heavy (non-hydrogen) atoms. The average molecular weight is 213 g/mol. The smallest absolute Gasteiger partial charge is 0.0695 e. The Hall–Kier alpha value is -0.0800. The highest BCUT2D eigenvalue weighted by Gasteiger charge is 2.19. The van der Waals surface area contributed by atoms with Crippen molar-refractivity contribution < 1.29 is 5.11 Å². The SMILES string of the molecule is CCC(CC)C(O)CN1CCCCCC1. The summed E-state index contributed by atoms with van der Waals surface area (Å²) >= 11 is 0. The third-order valence-corrected chi connectivity index (χ3v) is 3.74. The molecule has 1 atom stereocenters. The van der Waals surface area contributed by atoms with Crippen LogP contribution in [-0.4, -0.2) is 35.7 Å². The minimum atomic E-state index is -0.113. The summed E-state index contributed by atoms with van der Waals surface area (Å²) < 4.78 is 0. The number of aliphatic hydroxyl groups is 1. The predicted molar refractivity (Wildman–Crippen MR) is 65.0 cm³/mol. The van der Waals surface area contributed by atoms with Crippen LogP contribution in [0.25, 0.3) is 0 Å². The lowest BCUT2D eigenvalue weighted by molar-refractivity contribution is 0.0611. The van der Waals surface area contributed by atoms with Crippen molar-refractivity contribution in [2.24, 2.45) is 5.92 Å². The molecule has 0 amide bonds. The highest BCUT2D eigenvalue weighted by atomic mass is 16.3. The first-order chi connectivity index (χ1) is 7.27. The van der Waals surface area contributed by atoms with Gasteiger partial charge >= 0.3 is 0 Å². The maximum atomic E-state index is 10.1. The fourth-order valence-electron chi connectivity index (χ4n) is 2.57. The first-order valence-corrected chi connectivity index (χ1v) is 6.68. The number of rotatable bonds is 5. The van der Waals surface area contributed by atoms with Gasteiger partial charge in [-0.3, -0.25) is 0 Å². The van der Waals surface area contributed by atoms with E-state index >= 15 is 0 Å². The largest absolute Gasteiger partial charge is 0.392 e. The van der Waals surface area contributed by atoms with Crippen molar-refractivity contribution in [1.82, 2.24) is 4.90 Å². The number of likely N-dealkylation sites (tertiary alicyclic amines) is 1. The van der Waals surface area contributed by atoms with E-state index in [-0.39, 0.29) is 6.10 Å². The quantitative estimate of drug-likeness (QED) is 0.759. The highest BCUT2D eigenvalue weighted by molar-refractivity contribution is 4.72. The summed E-state index contributed by atoms with van der Waals surface area (Å²) in [5, 5.41) is 10.1. The van der Waals surface area contributed by atoms with E-state index in [0.717, 1.165) is 19.4 Å². The molecule has 2 heteroatoms. The maximum Gasteiger partial charge on any atom is 0.0695 e. The van der Waals surface area contributed by atoms with E-state index in [9.17, 15) is 5.11 Å². The third kappa shape index (κ3) is 4.52. The van der Waals surface area contributed by atoms with Crippen LogP contribution >= 0.6 is 0 Å². The van der Waals surface area contributed by atoms with E-state index < -0.39 is 0 Å². The summed E-state index contributed by atoms with van der Waals surface area (Å²) in [5.74, 6) is 0.494. The first-order valence-electron chi connectivity index (χ1n) is 6.68. The molecule has 1 heterocycles. The highest BCUT2D eigenvalue weighted by Crippen LogP contribution is 2.16. The Bertz CT molecular complexity index is 149. The number of hydrogen-bond donors (Lipinski definition) is 1. The monoisotopic (exact) mass is 213 g/mol. The average Bonchev–Trinajstić information content (AvgIpc) is 2.48. The van der Waals surface area contributed by atoms with Crippen LogP contribution in [0.15, 0.2) is 0 Å². The minimum absolute atomic E-state index is 0.113. The molecule has 0 aromatic carbocycles. The number of β-amino-alcohol motifs (C(OH)–C–C–N with tert-alkyl or cyclic N) is 1. The summed E-state index contributed by atoms with van der Waals surface area (Å²) in [7, 11) is 0. The molecule has 1 N–H and O–H groups in total. The van der Waals surface area contributed by atoms with Crippen LogP contribution < -0.4 is 0 Å². The van der Waals surface area contributed by atoms with Gasteiger partial charge in [0.05, 0.1) is 6.10 Å². The van der Waals surface area contributed by atoms with Crippen molar-refractivity contribution >= 4 is 0 Å². The van der Waals surface area contributed by atoms with Crippen LogP contribution in [0, 0.1) is 5.92 Å². The van der Waals surface area contributed by atoms with Gasteiger partial charge in [0.25, 0.3) is 0 Å². The van der Waals surface area contributed by atoms with Crippen molar-refractivity contribution in [2.75, 3.05) is 19.6 Å². The molecule has 1 rings (SSSR count). The van der Waals surface area contributed by atoms with Gasteiger partial charge in [-0.05, 0) is 31.8 Å². The normalized spacial score (nSPS) is 21.6. The number of nitrogens with zero attached hydrogens (tertiary/aromatic N) is 1. The fourth-order valence-corrected chi connectivity index (χ4v) is 2.57. The molecule has 0 saturated carbocycles. The first kappa shape index (κ1) is 13.0. The Labute approximate surface area is 94.7 Å². The number of hydrogen-bond acceptors (Lipinski definition) is 2. The van der Waals surface area contributed by atoms with E-state index in [2.05, 4.69) is 18.7 Å². The van der Waals surface area contributed by atoms with Crippen LogP contribution in [0.1, 0.15) is 52.4 Å². The Balaban J connectivity index is 2.31. The topological polar surface area (TPSA) is 23.5 Å². The van der Waals surface area contributed by atoms with Gasteiger partial charge < -0.3 is 10.0 Å². The molecule has 0 aliphatic carbocycles. The molecule has 0 spiro atoms. The molecule has 1 aliphatic heterocycles. The molecule has 1 saturated heterocycles. The third-order valence-electron chi connectivity index (χ3n) is 3.74. The fraction of sp³-hybridized carbons (Fsp3) is 1.00. The zero-order chi connectivity index (χ0) is 11.1. The molecule has 1 aliphatic rings. The van der Waals surface area contributed by atoms with Crippen LogP contribution in [0.5, 0.6) is 0 Å². The molecule has 2 nitrogen and oxygen atoms in total. The Morgan fingerprint density at radius 1 is 1.00 bits per heavy atom. The van der Waals surface area contributed by atoms with Crippen molar-refractivity contribution in [3.05, 3.63) is 0 Å². The lowest BCUT2D eigenvalue weighted by Gasteiger charge is -2.27. The van der Waals surface area contributed by atoms with Crippen LogP contribution in [-0.2, 0) is 0 Å². The van der Waals surface area contributed by atoms with Crippen LogP contribution in [0.3, 0.4) is 0 Å². The van der Waals surface area contributed by atoms with Crippen molar-refractivity contribution in [1.29, 1.82) is 0 Å². The zero-order valence-corrected chi connectivity index (χ0v) is 10.4. The second-order valence-corrected chi connectivity index (χ2v) is 4.86. The van der Waals surface area contributed by atoms with E-state index in [4.69, 9.17) is 0 Å². The predicted octanol–water partition coefficient (Wildman–Crippen LogP) is 2.66. The Morgan fingerprint density at radius 2 is 1.53 bits per heavy atom. The summed E-state index contributed by atoms with van der Waals surface area (Å²) in [6, 6.07) is 0. The Kier molecular flexibility index (Phi) is 6.26. The molecular formula is C13H27NO. The molecule has 0 bridgehead atoms. The van der Waals surface area contributed by atoms with Gasteiger partial charge in [0.1, 0.15) is 0 Å². The van der Waals surface area contributed by atoms with Crippen molar-refractivity contribution in [2.45, 2.75) is 58.5 Å². The molecule has 0 aromatic rings. The number of aliphatic hydroxyl groups excluding tert-OH is 1. The summed E-state index contributed by atoms with van der Waals surface area (Å²) in [6.45, 7) is 7.64. The van der Waals surface area contributed by atoms with Gasteiger partial charge in [0, 0.05) is 6.54 Å². The molecule has 0 radical (unpaired) electrons. The molecular weight excluding hydrogens is 186 g/mol. The zero-order valence-electron chi connectivity index (χ0n) is 10.4. The minimum Gasteiger partial charge on any atom is -0.392 e. The van der Waals surface area contributed by atoms with Gasteiger partial charge in [0.15, 0.2) is 0 Å². The van der Waals surface area contributed by atoms with Crippen LogP contribution in [0.2, 0.25) is 0 Å². The molecule has 90 valence electrons. The standard InChI is InChI=1S/C13H27NO/c1-3-12(4-2)13(15)11-14-9-7-5-6-8-10-14/h12-13,15H,3-11H2,1-2H3. The van der Waals surface area contributed by atoms with Gasteiger partial charge in [0.2, 0.25) is 0 Å². The summed E-state index contributed by atoms with van der Waals surface area (Å²) in [6.07, 6.45) is 7.47. The van der Waals surface area contributed by atoms with E-state index in [1.807, 2.05) is 0 Å². The van der Waals surface area contributed by atoms with E-state index in [1.54, 1.807) is 0 Å². The van der Waals surface area contributed by atoms with E-state index in [0.29, 0.717) is 5.92 Å². The molecule has 1 unspecified atom stereocenters. The van der Waals surface area contributed by atoms with Gasteiger partial charge in [-0.2, -0.15) is 0 Å². The molecule has 0 aromatic heterocycles. The lowest BCUT2D eigenvalue weighted by Crippen LogP contribution is -2.36. The van der Waals surface area contributed by atoms with Gasteiger partial charge in [-0.15, -0.1) is 0 Å². The van der Waals surface area contributed by atoms with Crippen molar-refractivity contribution in [3.63, 3.8) is 0 Å². The van der Waals surface area contributed by atoms with Crippen molar-refractivity contribution in [3.8, 4) is 0 Å². The lowest BCUT2D eigenvalue weighted by atomic mass is 9.96. The van der Waals surface area contributed by atoms with Gasteiger partial charge in [-0.1, -0.05) is 39.5 Å². The molecule has 1 fully saturated rings. The maximum absolute atomic E-state index is 10.1.